The molecule has 3 atom stereocenters. The summed E-state index contributed by atoms with van der Waals surface area (Å²) >= 11 is 0. The van der Waals surface area contributed by atoms with E-state index < -0.39 is 28.0 Å². The van der Waals surface area contributed by atoms with Crippen LogP contribution in [0.2, 0.25) is 0 Å². The molecule has 0 aromatic heterocycles. The van der Waals surface area contributed by atoms with Crippen LogP contribution in [0.4, 0.5) is 10.1 Å². The zero-order valence-corrected chi connectivity index (χ0v) is 20.9. The van der Waals surface area contributed by atoms with Crippen LogP contribution in [0.15, 0.2) is 47.4 Å². The number of hydrogen-bond acceptors (Lipinski definition) is 6. The van der Waals surface area contributed by atoms with E-state index in [9.17, 15) is 22.7 Å². The molecule has 0 unspecified atom stereocenters. The number of carbonyl (C=O) groups excluding carboxylic acids is 1. The summed E-state index contributed by atoms with van der Waals surface area (Å²) < 4.78 is 46.8. The standard InChI is InChI=1S/C24H32FN3O5S/c1-16-13-28(17(2)15-29)24(30)21-12-19(26(3)4)8-11-22(21)33-23(16)14-27(5)34(31,32)20-9-6-18(25)7-10-20/h6-12,16-17,23,29H,13-15H2,1-5H3/t16-,17+,23-/m0/s1. The molecular formula is C24H32FN3O5S. The lowest BCUT2D eigenvalue weighted by molar-refractivity contribution is 0.0387. The van der Waals surface area contributed by atoms with Crippen molar-refractivity contribution >= 4 is 21.6 Å². The molecule has 2 aromatic rings. The van der Waals surface area contributed by atoms with Crippen molar-refractivity contribution in [1.29, 1.82) is 0 Å². The number of aliphatic hydroxyl groups is 1. The van der Waals surface area contributed by atoms with Gasteiger partial charge in [0.05, 0.1) is 29.7 Å². The zero-order valence-electron chi connectivity index (χ0n) is 20.1. The third-order valence-corrected chi connectivity index (χ3v) is 7.96. The van der Waals surface area contributed by atoms with Gasteiger partial charge in [0.15, 0.2) is 0 Å². The molecule has 1 aliphatic heterocycles. The number of amides is 1. The van der Waals surface area contributed by atoms with Crippen LogP contribution in [0.5, 0.6) is 5.75 Å². The minimum atomic E-state index is -3.88. The Morgan fingerprint density at radius 2 is 1.82 bits per heavy atom. The zero-order chi connectivity index (χ0) is 25.2. The van der Waals surface area contributed by atoms with E-state index in [1.807, 2.05) is 32.0 Å². The molecule has 186 valence electrons. The summed E-state index contributed by atoms with van der Waals surface area (Å²) in [7, 11) is 1.30. The van der Waals surface area contributed by atoms with E-state index in [0.717, 1.165) is 17.8 Å². The predicted octanol–water partition coefficient (Wildman–Crippen LogP) is 2.43. The van der Waals surface area contributed by atoms with Gasteiger partial charge in [-0.25, -0.2) is 12.8 Å². The molecule has 34 heavy (non-hydrogen) atoms. The quantitative estimate of drug-likeness (QED) is 0.637. The van der Waals surface area contributed by atoms with E-state index in [4.69, 9.17) is 4.74 Å². The summed E-state index contributed by atoms with van der Waals surface area (Å²) in [6.07, 6.45) is -0.578. The van der Waals surface area contributed by atoms with Crippen molar-refractivity contribution < 1.29 is 27.4 Å². The normalized spacial score (nSPS) is 19.8. The summed E-state index contributed by atoms with van der Waals surface area (Å²) in [5.74, 6) is -0.659. The number of fused-ring (bicyclic) bond motifs is 1. The van der Waals surface area contributed by atoms with Gasteiger partial charge in [0, 0.05) is 39.3 Å². The van der Waals surface area contributed by atoms with Crippen molar-refractivity contribution in [1.82, 2.24) is 9.21 Å². The van der Waals surface area contributed by atoms with E-state index in [-0.39, 0.29) is 36.4 Å². The van der Waals surface area contributed by atoms with Crippen molar-refractivity contribution in [2.75, 3.05) is 45.7 Å². The number of anilines is 1. The molecule has 2 aromatic carbocycles. The van der Waals surface area contributed by atoms with E-state index in [1.54, 1.807) is 24.0 Å². The third-order valence-electron chi connectivity index (χ3n) is 6.12. The predicted molar refractivity (Wildman–Crippen MR) is 128 cm³/mol. The van der Waals surface area contributed by atoms with E-state index in [1.165, 1.54) is 23.5 Å². The molecule has 0 radical (unpaired) electrons. The number of rotatable bonds is 7. The molecule has 0 fully saturated rings. The second kappa shape index (κ2) is 10.3. The fourth-order valence-electron chi connectivity index (χ4n) is 3.84. The van der Waals surface area contributed by atoms with E-state index in [2.05, 4.69) is 0 Å². The first-order valence-corrected chi connectivity index (χ1v) is 12.5. The van der Waals surface area contributed by atoms with Gasteiger partial charge in [-0.15, -0.1) is 0 Å². The first-order chi connectivity index (χ1) is 15.9. The summed E-state index contributed by atoms with van der Waals surface area (Å²) in [5.41, 5.74) is 1.17. The summed E-state index contributed by atoms with van der Waals surface area (Å²) in [4.78, 5) is 16.8. The second-order valence-electron chi connectivity index (χ2n) is 8.94. The molecule has 8 nitrogen and oxygen atoms in total. The van der Waals surface area contributed by atoms with Gasteiger partial charge >= 0.3 is 0 Å². The van der Waals surface area contributed by atoms with Crippen molar-refractivity contribution in [3.05, 3.63) is 53.8 Å². The van der Waals surface area contributed by atoms with E-state index in [0.29, 0.717) is 11.3 Å². The van der Waals surface area contributed by atoms with Gasteiger partial charge in [-0.1, -0.05) is 6.92 Å². The van der Waals surface area contributed by atoms with Crippen LogP contribution in [0, 0.1) is 11.7 Å². The first-order valence-electron chi connectivity index (χ1n) is 11.1. The van der Waals surface area contributed by atoms with Crippen LogP contribution >= 0.6 is 0 Å². The van der Waals surface area contributed by atoms with Crippen LogP contribution in [-0.4, -0.2) is 81.6 Å². The molecule has 0 bridgehead atoms. The number of hydrogen-bond donors (Lipinski definition) is 1. The van der Waals surface area contributed by atoms with Gasteiger partial charge in [-0.05, 0) is 49.4 Å². The maximum atomic E-state index is 13.4. The van der Waals surface area contributed by atoms with Gasteiger partial charge < -0.3 is 19.6 Å². The van der Waals surface area contributed by atoms with Crippen LogP contribution in [-0.2, 0) is 10.0 Å². The highest BCUT2D eigenvalue weighted by Crippen LogP contribution is 2.31. The highest BCUT2D eigenvalue weighted by atomic mass is 32.2. The molecule has 0 aliphatic carbocycles. The molecule has 1 N–H and O–H groups in total. The summed E-state index contributed by atoms with van der Waals surface area (Å²) in [6, 6.07) is 9.52. The van der Waals surface area contributed by atoms with Gasteiger partial charge in [0.25, 0.3) is 5.91 Å². The molecule has 0 spiro atoms. The Balaban J connectivity index is 1.97. The van der Waals surface area contributed by atoms with Gasteiger partial charge in [0.1, 0.15) is 17.7 Å². The number of likely N-dealkylation sites (N-methyl/N-ethyl adjacent to an activating group) is 1. The summed E-state index contributed by atoms with van der Waals surface area (Å²) in [6.45, 7) is 3.74. The Hall–Kier alpha value is -2.69. The van der Waals surface area contributed by atoms with Crippen molar-refractivity contribution in [2.45, 2.75) is 30.9 Å². The minimum absolute atomic E-state index is 0.0170. The maximum Gasteiger partial charge on any atom is 0.258 e. The highest BCUT2D eigenvalue weighted by molar-refractivity contribution is 7.89. The Labute approximate surface area is 200 Å². The number of aliphatic hydroxyl groups excluding tert-OH is 1. The van der Waals surface area contributed by atoms with Crippen LogP contribution < -0.4 is 9.64 Å². The smallest absolute Gasteiger partial charge is 0.258 e. The molecule has 0 saturated heterocycles. The number of ether oxygens (including phenoxy) is 1. The van der Waals surface area contributed by atoms with Crippen LogP contribution in [0.3, 0.4) is 0 Å². The fourth-order valence-corrected chi connectivity index (χ4v) is 5.03. The highest BCUT2D eigenvalue weighted by Gasteiger charge is 2.35. The molecule has 1 heterocycles. The number of halogens is 1. The van der Waals surface area contributed by atoms with Crippen LogP contribution in [0.1, 0.15) is 24.2 Å². The molecule has 1 aliphatic rings. The number of carbonyl (C=O) groups is 1. The average molecular weight is 494 g/mol. The van der Waals surface area contributed by atoms with Gasteiger partial charge in [-0.2, -0.15) is 4.31 Å². The Morgan fingerprint density at radius 3 is 2.41 bits per heavy atom. The minimum Gasteiger partial charge on any atom is -0.488 e. The second-order valence-corrected chi connectivity index (χ2v) is 11.0. The first kappa shape index (κ1) is 25.9. The van der Waals surface area contributed by atoms with Crippen molar-refractivity contribution in [3.63, 3.8) is 0 Å². The summed E-state index contributed by atoms with van der Waals surface area (Å²) in [5, 5.41) is 9.76. The lowest BCUT2D eigenvalue weighted by atomic mass is 9.99. The Bertz CT molecular complexity index is 1120. The van der Waals surface area contributed by atoms with Crippen LogP contribution in [0.25, 0.3) is 0 Å². The monoisotopic (exact) mass is 493 g/mol. The topological polar surface area (TPSA) is 90.4 Å². The average Bonchev–Trinajstić information content (AvgIpc) is 2.80. The number of benzene rings is 2. The molecule has 10 heteroatoms. The fraction of sp³-hybridized carbons (Fsp3) is 0.458. The third kappa shape index (κ3) is 5.34. The molecule has 0 saturated carbocycles. The van der Waals surface area contributed by atoms with Crippen molar-refractivity contribution in [3.8, 4) is 5.75 Å². The Kier molecular flexibility index (Phi) is 7.84. The lowest BCUT2D eigenvalue weighted by Gasteiger charge is -2.38. The molecule has 1 amide bonds. The number of nitrogens with zero attached hydrogens (tertiary/aromatic N) is 3. The molecule has 3 rings (SSSR count). The maximum absolute atomic E-state index is 13.4. The Morgan fingerprint density at radius 1 is 1.18 bits per heavy atom. The van der Waals surface area contributed by atoms with Gasteiger partial charge in [0.2, 0.25) is 10.0 Å². The van der Waals surface area contributed by atoms with Crippen molar-refractivity contribution in [2.24, 2.45) is 5.92 Å². The lowest BCUT2D eigenvalue weighted by Crippen LogP contribution is -2.50. The largest absolute Gasteiger partial charge is 0.488 e. The molecular weight excluding hydrogens is 461 g/mol. The number of sulfonamides is 1. The van der Waals surface area contributed by atoms with Gasteiger partial charge in [-0.3, -0.25) is 4.79 Å². The van der Waals surface area contributed by atoms with E-state index >= 15 is 0 Å². The SMILES string of the molecule is C[C@H](CO)N1C[C@H](C)[C@H](CN(C)S(=O)(=O)c2ccc(F)cc2)Oc2ccc(N(C)C)cc2C1=O.